The number of fused-ring (bicyclic) bond motifs is 1. The number of amides is 1. The Bertz CT molecular complexity index is 1260. The SMILES string of the molecule is Cc1noc(C)c1-c1ccc2c(c1)C(NC(CO)Cc1cnc[nH]1)(c1ccccc1)C(=O)N2. The van der Waals surface area contributed by atoms with E-state index in [9.17, 15) is 9.90 Å². The molecule has 1 amide bonds. The molecular formula is C25H25N5O3. The Balaban J connectivity index is 1.66. The molecule has 8 heteroatoms. The van der Waals surface area contributed by atoms with Crippen LogP contribution in [-0.2, 0) is 16.8 Å². The first-order valence-electron chi connectivity index (χ1n) is 10.8. The van der Waals surface area contributed by atoms with Gasteiger partial charge in [-0.3, -0.25) is 10.1 Å². The van der Waals surface area contributed by atoms with Crippen LogP contribution in [-0.4, -0.2) is 38.8 Å². The van der Waals surface area contributed by atoms with Crippen molar-refractivity contribution in [3.8, 4) is 11.1 Å². The van der Waals surface area contributed by atoms with E-state index in [0.29, 0.717) is 6.42 Å². The molecule has 4 aromatic rings. The Hall–Kier alpha value is -3.75. The molecule has 3 heterocycles. The zero-order valence-electron chi connectivity index (χ0n) is 18.4. The molecule has 168 valence electrons. The molecule has 0 spiro atoms. The van der Waals surface area contributed by atoms with E-state index in [4.69, 9.17) is 4.52 Å². The summed E-state index contributed by atoms with van der Waals surface area (Å²) in [5.41, 5.74) is 4.61. The average molecular weight is 444 g/mol. The van der Waals surface area contributed by atoms with E-state index in [0.717, 1.165) is 45.1 Å². The third kappa shape index (κ3) is 3.53. The number of nitrogens with zero attached hydrogens (tertiary/aromatic N) is 2. The van der Waals surface area contributed by atoms with Crippen molar-refractivity contribution in [2.24, 2.45) is 0 Å². The van der Waals surface area contributed by atoms with E-state index >= 15 is 0 Å². The van der Waals surface area contributed by atoms with Gasteiger partial charge in [-0.05, 0) is 37.1 Å². The number of H-pyrrole nitrogens is 1. The summed E-state index contributed by atoms with van der Waals surface area (Å²) in [6, 6.07) is 15.1. The van der Waals surface area contributed by atoms with Crippen LogP contribution in [0.5, 0.6) is 0 Å². The first-order chi connectivity index (χ1) is 16.0. The number of nitrogens with one attached hydrogen (secondary N) is 3. The summed E-state index contributed by atoms with van der Waals surface area (Å²) in [5.74, 6) is 0.526. The van der Waals surface area contributed by atoms with Crippen LogP contribution in [0.4, 0.5) is 5.69 Å². The summed E-state index contributed by atoms with van der Waals surface area (Å²) in [4.78, 5) is 20.8. The maximum Gasteiger partial charge on any atom is 0.254 e. The zero-order valence-corrected chi connectivity index (χ0v) is 18.4. The van der Waals surface area contributed by atoms with Gasteiger partial charge in [-0.2, -0.15) is 0 Å². The second kappa shape index (κ2) is 8.31. The largest absolute Gasteiger partial charge is 0.395 e. The van der Waals surface area contributed by atoms with Crippen LogP contribution in [0.3, 0.4) is 0 Å². The van der Waals surface area contributed by atoms with Crippen LogP contribution in [0.25, 0.3) is 11.1 Å². The fourth-order valence-corrected chi connectivity index (χ4v) is 4.68. The van der Waals surface area contributed by atoms with Crippen molar-refractivity contribution in [2.45, 2.75) is 31.8 Å². The van der Waals surface area contributed by atoms with Gasteiger partial charge < -0.3 is 19.9 Å². The number of aliphatic hydroxyl groups excluding tert-OH is 1. The monoisotopic (exact) mass is 443 g/mol. The molecular weight excluding hydrogens is 418 g/mol. The number of aryl methyl sites for hydroxylation is 2. The van der Waals surface area contributed by atoms with E-state index in [1.54, 1.807) is 12.5 Å². The highest BCUT2D eigenvalue weighted by Crippen LogP contribution is 2.44. The highest BCUT2D eigenvalue weighted by atomic mass is 16.5. The molecule has 8 nitrogen and oxygen atoms in total. The Kier molecular flexibility index (Phi) is 5.32. The smallest absolute Gasteiger partial charge is 0.254 e. The van der Waals surface area contributed by atoms with Crippen LogP contribution in [0.2, 0.25) is 0 Å². The third-order valence-corrected chi connectivity index (χ3v) is 6.20. The van der Waals surface area contributed by atoms with Crippen molar-refractivity contribution in [3.05, 3.63) is 89.3 Å². The molecule has 2 aromatic carbocycles. The Morgan fingerprint density at radius 3 is 2.67 bits per heavy atom. The van der Waals surface area contributed by atoms with E-state index in [-0.39, 0.29) is 12.5 Å². The van der Waals surface area contributed by atoms with Crippen molar-refractivity contribution in [2.75, 3.05) is 11.9 Å². The maximum absolute atomic E-state index is 13.6. The number of carbonyl (C=O) groups is 1. The number of hydrogen-bond acceptors (Lipinski definition) is 6. The van der Waals surface area contributed by atoms with Gasteiger partial charge in [0.1, 0.15) is 5.76 Å². The van der Waals surface area contributed by atoms with Crippen molar-refractivity contribution in [3.63, 3.8) is 0 Å². The van der Waals surface area contributed by atoms with Gasteiger partial charge in [0.2, 0.25) is 0 Å². The summed E-state index contributed by atoms with van der Waals surface area (Å²) >= 11 is 0. The molecule has 5 rings (SSSR count). The van der Waals surface area contributed by atoms with Gasteiger partial charge in [0.15, 0.2) is 5.54 Å². The van der Waals surface area contributed by atoms with Crippen LogP contribution in [0.15, 0.2) is 65.6 Å². The molecule has 1 aliphatic rings. The van der Waals surface area contributed by atoms with Gasteiger partial charge in [-0.15, -0.1) is 0 Å². The number of aromatic nitrogens is 3. The number of benzene rings is 2. The van der Waals surface area contributed by atoms with Gasteiger partial charge >= 0.3 is 0 Å². The topological polar surface area (TPSA) is 116 Å². The lowest BCUT2D eigenvalue weighted by atomic mass is 9.81. The van der Waals surface area contributed by atoms with E-state index in [1.165, 1.54) is 0 Å². The minimum Gasteiger partial charge on any atom is -0.395 e. The second-order valence-corrected chi connectivity index (χ2v) is 8.33. The Labute approximate surface area is 191 Å². The van der Waals surface area contributed by atoms with E-state index in [1.807, 2.05) is 62.4 Å². The number of anilines is 1. The highest BCUT2D eigenvalue weighted by molar-refractivity contribution is 6.09. The first-order valence-corrected chi connectivity index (χ1v) is 10.8. The Morgan fingerprint density at radius 1 is 1.18 bits per heavy atom. The van der Waals surface area contributed by atoms with Gasteiger partial charge in [0.05, 0.1) is 18.6 Å². The Morgan fingerprint density at radius 2 is 2.00 bits per heavy atom. The van der Waals surface area contributed by atoms with Gasteiger partial charge in [0.25, 0.3) is 5.91 Å². The molecule has 0 bridgehead atoms. The number of rotatable bonds is 7. The lowest BCUT2D eigenvalue weighted by Gasteiger charge is -2.33. The lowest BCUT2D eigenvalue weighted by molar-refractivity contribution is -0.120. The molecule has 0 aliphatic carbocycles. The molecule has 2 unspecified atom stereocenters. The van der Waals surface area contributed by atoms with Crippen molar-refractivity contribution < 1.29 is 14.4 Å². The first kappa shape index (κ1) is 21.1. The summed E-state index contributed by atoms with van der Waals surface area (Å²) in [6.45, 7) is 3.62. The number of aliphatic hydroxyl groups is 1. The number of imidazole rings is 1. The molecule has 33 heavy (non-hydrogen) atoms. The second-order valence-electron chi connectivity index (χ2n) is 8.33. The predicted octanol–water partition coefficient (Wildman–Crippen LogP) is 3.07. The fraction of sp³-hybridized carbons (Fsp3) is 0.240. The van der Waals surface area contributed by atoms with Crippen LogP contribution < -0.4 is 10.6 Å². The van der Waals surface area contributed by atoms with Crippen LogP contribution in [0.1, 0.15) is 28.3 Å². The fourth-order valence-electron chi connectivity index (χ4n) is 4.68. The van der Waals surface area contributed by atoms with Crippen LogP contribution >= 0.6 is 0 Å². The quantitative estimate of drug-likeness (QED) is 0.349. The molecule has 1 aliphatic heterocycles. The zero-order chi connectivity index (χ0) is 23.0. The molecule has 0 saturated carbocycles. The summed E-state index contributed by atoms with van der Waals surface area (Å²) in [6.07, 6.45) is 3.80. The summed E-state index contributed by atoms with van der Waals surface area (Å²) in [7, 11) is 0. The molecule has 2 aromatic heterocycles. The van der Waals surface area contributed by atoms with Gasteiger partial charge in [-0.1, -0.05) is 41.6 Å². The van der Waals surface area contributed by atoms with E-state index in [2.05, 4.69) is 25.8 Å². The summed E-state index contributed by atoms with van der Waals surface area (Å²) in [5, 5.41) is 20.8. The van der Waals surface area contributed by atoms with Crippen LogP contribution in [0, 0.1) is 13.8 Å². The minimum absolute atomic E-state index is 0.153. The van der Waals surface area contributed by atoms with Gasteiger partial charge in [-0.25, -0.2) is 4.98 Å². The summed E-state index contributed by atoms with van der Waals surface area (Å²) < 4.78 is 5.38. The normalized spacial score (nSPS) is 18.2. The standard InChI is InChI=1S/C25H25N5O3/c1-15-23(16(2)33-30-15)17-8-9-22-21(10-17)25(24(32)28-22,18-6-4-3-5-7-18)29-20(13-31)11-19-12-26-14-27-19/h3-10,12,14,20,29,31H,11,13H2,1-2H3,(H,26,27)(H,28,32). The van der Waals surface area contributed by atoms with Crippen molar-refractivity contribution in [1.82, 2.24) is 20.4 Å². The number of carbonyl (C=O) groups excluding carboxylic acids is 1. The maximum atomic E-state index is 13.6. The minimum atomic E-state index is -1.18. The average Bonchev–Trinajstić information content (AvgIpc) is 3.53. The van der Waals surface area contributed by atoms with E-state index < -0.39 is 11.6 Å². The molecule has 4 N–H and O–H groups in total. The lowest BCUT2D eigenvalue weighted by Crippen LogP contribution is -2.55. The predicted molar refractivity (Wildman–Crippen MR) is 124 cm³/mol. The highest BCUT2D eigenvalue weighted by Gasteiger charge is 2.49. The van der Waals surface area contributed by atoms with Crippen molar-refractivity contribution >= 4 is 11.6 Å². The number of aromatic amines is 1. The third-order valence-electron chi connectivity index (χ3n) is 6.20. The molecule has 0 saturated heterocycles. The number of hydrogen-bond donors (Lipinski definition) is 4. The molecule has 0 fully saturated rings. The van der Waals surface area contributed by atoms with Gasteiger partial charge in [0, 0.05) is 41.2 Å². The molecule has 2 atom stereocenters. The van der Waals surface area contributed by atoms with Crippen molar-refractivity contribution in [1.29, 1.82) is 0 Å². The molecule has 0 radical (unpaired) electrons.